The van der Waals surface area contributed by atoms with E-state index in [4.69, 9.17) is 9.47 Å². The van der Waals surface area contributed by atoms with Gasteiger partial charge in [-0.15, -0.1) is 0 Å². The molecule has 0 unspecified atom stereocenters. The zero-order chi connectivity index (χ0) is 22.7. The van der Waals surface area contributed by atoms with Crippen molar-refractivity contribution in [3.05, 3.63) is 63.3 Å². The van der Waals surface area contributed by atoms with Crippen molar-refractivity contribution in [2.24, 2.45) is 11.8 Å². The number of para-hydroxylation sites is 1. The van der Waals surface area contributed by atoms with Gasteiger partial charge in [0.05, 0.1) is 25.1 Å². The van der Waals surface area contributed by atoms with Crippen LogP contribution >= 0.6 is 0 Å². The summed E-state index contributed by atoms with van der Waals surface area (Å²) in [5.41, 5.74) is 0.521. The van der Waals surface area contributed by atoms with Crippen molar-refractivity contribution in [2.45, 2.75) is 32.2 Å². The Kier molecular flexibility index (Phi) is 6.30. The molecule has 0 saturated heterocycles. The molecule has 0 spiro atoms. The Hall–Kier alpha value is -3.55. The zero-order valence-electron chi connectivity index (χ0n) is 18.2. The first kappa shape index (κ1) is 21.7. The SMILES string of the molecule is COc1cc(NC(=O)C2CCC(Cn3c(=O)[nH]c4ccccc4c3=O)CC2)cc(OC)c1. The summed E-state index contributed by atoms with van der Waals surface area (Å²) in [6.45, 7) is 0.362. The van der Waals surface area contributed by atoms with Crippen molar-refractivity contribution in [1.82, 2.24) is 9.55 Å². The Balaban J connectivity index is 1.40. The van der Waals surface area contributed by atoms with E-state index in [1.54, 1.807) is 56.7 Å². The lowest BCUT2D eigenvalue weighted by Crippen LogP contribution is -2.38. The van der Waals surface area contributed by atoms with Gasteiger partial charge in [0.2, 0.25) is 5.91 Å². The Morgan fingerprint density at radius 3 is 2.34 bits per heavy atom. The van der Waals surface area contributed by atoms with Gasteiger partial charge in [-0.3, -0.25) is 14.2 Å². The van der Waals surface area contributed by atoms with Gasteiger partial charge in [-0.2, -0.15) is 0 Å². The number of fused-ring (bicyclic) bond motifs is 1. The monoisotopic (exact) mass is 437 g/mol. The van der Waals surface area contributed by atoms with Crippen molar-refractivity contribution in [1.29, 1.82) is 0 Å². The van der Waals surface area contributed by atoms with Crippen LogP contribution in [0.4, 0.5) is 5.69 Å². The highest BCUT2D eigenvalue weighted by Crippen LogP contribution is 2.31. The minimum Gasteiger partial charge on any atom is -0.497 e. The van der Waals surface area contributed by atoms with Gasteiger partial charge in [-0.25, -0.2) is 4.79 Å². The molecule has 0 radical (unpaired) electrons. The number of benzene rings is 2. The second kappa shape index (κ2) is 9.30. The highest BCUT2D eigenvalue weighted by atomic mass is 16.5. The molecule has 4 rings (SSSR count). The molecule has 1 aliphatic carbocycles. The maximum absolute atomic E-state index is 12.8. The molecule has 2 aromatic carbocycles. The van der Waals surface area contributed by atoms with Gasteiger partial charge in [0.15, 0.2) is 0 Å². The van der Waals surface area contributed by atoms with Crippen LogP contribution in [0.3, 0.4) is 0 Å². The third-order valence-electron chi connectivity index (χ3n) is 6.17. The normalized spacial score (nSPS) is 18.3. The van der Waals surface area contributed by atoms with Crippen molar-refractivity contribution in [3.63, 3.8) is 0 Å². The summed E-state index contributed by atoms with van der Waals surface area (Å²) < 4.78 is 11.8. The summed E-state index contributed by atoms with van der Waals surface area (Å²) >= 11 is 0. The molecule has 1 aromatic heterocycles. The molecule has 2 N–H and O–H groups in total. The number of aromatic amines is 1. The van der Waals surface area contributed by atoms with E-state index < -0.39 is 0 Å². The fourth-order valence-corrected chi connectivity index (χ4v) is 4.35. The molecule has 8 heteroatoms. The minimum absolute atomic E-state index is 0.0422. The Labute approximate surface area is 185 Å². The number of carbonyl (C=O) groups excluding carboxylic acids is 1. The van der Waals surface area contributed by atoms with Crippen LogP contribution in [-0.2, 0) is 11.3 Å². The van der Waals surface area contributed by atoms with Crippen LogP contribution in [0.15, 0.2) is 52.1 Å². The Bertz CT molecular complexity index is 1220. The van der Waals surface area contributed by atoms with E-state index in [1.807, 2.05) is 0 Å². The maximum Gasteiger partial charge on any atom is 0.328 e. The summed E-state index contributed by atoms with van der Waals surface area (Å²) in [5.74, 6) is 1.23. The van der Waals surface area contributed by atoms with Gasteiger partial charge in [-0.1, -0.05) is 12.1 Å². The number of nitrogens with one attached hydrogen (secondary N) is 2. The predicted octanol–water partition coefficient (Wildman–Crippen LogP) is 3.15. The molecule has 1 heterocycles. The van der Waals surface area contributed by atoms with Crippen LogP contribution in [0.1, 0.15) is 25.7 Å². The number of hydrogen-bond acceptors (Lipinski definition) is 5. The summed E-state index contributed by atoms with van der Waals surface area (Å²) in [7, 11) is 3.13. The highest BCUT2D eigenvalue weighted by molar-refractivity contribution is 5.93. The van der Waals surface area contributed by atoms with Crippen LogP contribution in [0, 0.1) is 11.8 Å². The molecular weight excluding hydrogens is 410 g/mol. The second-order valence-electron chi connectivity index (χ2n) is 8.20. The number of nitrogens with zero attached hydrogens (tertiary/aromatic N) is 1. The first-order chi connectivity index (χ1) is 15.5. The number of aromatic nitrogens is 2. The molecule has 1 aliphatic rings. The second-order valence-corrected chi connectivity index (χ2v) is 8.20. The molecule has 32 heavy (non-hydrogen) atoms. The van der Waals surface area contributed by atoms with Gasteiger partial charge in [0, 0.05) is 36.3 Å². The summed E-state index contributed by atoms with van der Waals surface area (Å²) in [5, 5.41) is 3.46. The standard InChI is InChI=1S/C24H27N3O5/c1-31-18-11-17(12-19(13-18)32-2)25-22(28)16-9-7-15(8-10-16)14-27-23(29)20-5-3-4-6-21(20)26-24(27)30/h3-6,11-13,15-16H,7-10,14H2,1-2H3,(H,25,28)(H,26,30). The highest BCUT2D eigenvalue weighted by Gasteiger charge is 2.27. The number of hydrogen-bond donors (Lipinski definition) is 2. The lowest BCUT2D eigenvalue weighted by Gasteiger charge is -2.28. The third-order valence-corrected chi connectivity index (χ3v) is 6.17. The quantitative estimate of drug-likeness (QED) is 0.617. The number of carbonyl (C=O) groups is 1. The number of amides is 1. The Morgan fingerprint density at radius 2 is 1.69 bits per heavy atom. The van der Waals surface area contributed by atoms with E-state index in [2.05, 4.69) is 10.3 Å². The average molecular weight is 437 g/mol. The molecule has 0 bridgehead atoms. The molecule has 3 aromatic rings. The van der Waals surface area contributed by atoms with E-state index in [-0.39, 0.29) is 29.0 Å². The van der Waals surface area contributed by atoms with Gasteiger partial charge < -0.3 is 19.8 Å². The van der Waals surface area contributed by atoms with E-state index in [9.17, 15) is 14.4 Å². The minimum atomic E-state index is -0.388. The first-order valence-electron chi connectivity index (χ1n) is 10.7. The van der Waals surface area contributed by atoms with Crippen LogP contribution in [0.5, 0.6) is 11.5 Å². The van der Waals surface area contributed by atoms with Gasteiger partial charge in [0.1, 0.15) is 11.5 Å². The van der Waals surface area contributed by atoms with Crippen LogP contribution in [0.25, 0.3) is 10.9 Å². The molecule has 1 amide bonds. The molecule has 0 atom stereocenters. The fourth-order valence-electron chi connectivity index (χ4n) is 4.35. The molecule has 1 fully saturated rings. The lowest BCUT2D eigenvalue weighted by molar-refractivity contribution is -0.121. The van der Waals surface area contributed by atoms with E-state index in [0.29, 0.717) is 47.5 Å². The summed E-state index contributed by atoms with van der Waals surface area (Å²) in [6, 6.07) is 12.3. The van der Waals surface area contributed by atoms with Crippen LogP contribution in [0.2, 0.25) is 0 Å². The average Bonchev–Trinajstić information content (AvgIpc) is 2.81. The number of H-pyrrole nitrogens is 1. The van der Waals surface area contributed by atoms with Gasteiger partial charge in [-0.05, 0) is 43.7 Å². The van der Waals surface area contributed by atoms with Gasteiger partial charge in [0.25, 0.3) is 5.56 Å². The summed E-state index contributed by atoms with van der Waals surface area (Å²) in [6.07, 6.45) is 2.96. The third kappa shape index (κ3) is 4.54. The predicted molar refractivity (Wildman–Crippen MR) is 122 cm³/mol. The molecule has 168 valence electrons. The first-order valence-corrected chi connectivity index (χ1v) is 10.7. The number of anilines is 1. The summed E-state index contributed by atoms with van der Waals surface area (Å²) in [4.78, 5) is 40.8. The van der Waals surface area contributed by atoms with E-state index >= 15 is 0 Å². The van der Waals surface area contributed by atoms with Crippen molar-refractivity contribution < 1.29 is 14.3 Å². The van der Waals surface area contributed by atoms with Crippen molar-refractivity contribution in [3.8, 4) is 11.5 Å². The fraction of sp³-hybridized carbons (Fsp3) is 0.375. The Morgan fingerprint density at radius 1 is 1.03 bits per heavy atom. The van der Waals surface area contributed by atoms with Crippen LogP contribution < -0.4 is 26.0 Å². The lowest BCUT2D eigenvalue weighted by atomic mass is 9.81. The van der Waals surface area contributed by atoms with Crippen molar-refractivity contribution in [2.75, 3.05) is 19.5 Å². The van der Waals surface area contributed by atoms with Crippen molar-refractivity contribution >= 4 is 22.5 Å². The molecule has 0 aliphatic heterocycles. The smallest absolute Gasteiger partial charge is 0.328 e. The molecular formula is C24H27N3O5. The maximum atomic E-state index is 12.8. The van der Waals surface area contributed by atoms with Crippen LogP contribution in [-0.4, -0.2) is 29.7 Å². The van der Waals surface area contributed by atoms with Gasteiger partial charge >= 0.3 is 5.69 Å². The number of methoxy groups -OCH3 is 2. The molecule has 8 nitrogen and oxygen atoms in total. The largest absolute Gasteiger partial charge is 0.497 e. The molecule has 1 saturated carbocycles. The number of rotatable bonds is 6. The number of ether oxygens (including phenoxy) is 2. The topological polar surface area (TPSA) is 102 Å². The zero-order valence-corrected chi connectivity index (χ0v) is 18.2. The van der Waals surface area contributed by atoms with E-state index in [0.717, 1.165) is 12.8 Å². The van der Waals surface area contributed by atoms with E-state index in [1.165, 1.54) is 4.57 Å².